The van der Waals surface area contributed by atoms with E-state index in [1.54, 1.807) is 6.07 Å². The number of hydrogen-bond acceptors (Lipinski definition) is 3. The van der Waals surface area contributed by atoms with Crippen LogP contribution in [0.15, 0.2) is 71.5 Å². The summed E-state index contributed by atoms with van der Waals surface area (Å²) in [6.45, 7) is 2.85. The van der Waals surface area contributed by atoms with Gasteiger partial charge in [-0.2, -0.15) is 0 Å². The Hall–Kier alpha value is -2.85. The van der Waals surface area contributed by atoms with Crippen molar-refractivity contribution in [3.8, 4) is 11.3 Å². The second kappa shape index (κ2) is 6.57. The fourth-order valence-corrected chi connectivity index (χ4v) is 3.40. The van der Waals surface area contributed by atoms with Gasteiger partial charge in [0.25, 0.3) is 0 Å². The molecule has 0 aliphatic carbocycles. The number of benzene rings is 2. The molecule has 0 amide bonds. The van der Waals surface area contributed by atoms with Crippen molar-refractivity contribution in [1.29, 1.82) is 0 Å². The van der Waals surface area contributed by atoms with Gasteiger partial charge in [0.15, 0.2) is 0 Å². The van der Waals surface area contributed by atoms with Gasteiger partial charge < -0.3 is 14.8 Å². The molecule has 1 aliphatic rings. The first kappa shape index (κ1) is 15.7. The van der Waals surface area contributed by atoms with Gasteiger partial charge in [0.2, 0.25) is 5.56 Å². The van der Waals surface area contributed by atoms with Gasteiger partial charge in [0.1, 0.15) is 0 Å². The largest absolute Gasteiger partial charge is 0.340 e. The maximum Gasteiger partial charge on any atom is 0.248 e. The van der Waals surface area contributed by atoms with E-state index < -0.39 is 0 Å². The minimum absolute atomic E-state index is 0.0736. The Morgan fingerprint density at radius 1 is 0.920 bits per heavy atom. The molecular weight excluding hydrogens is 310 g/mol. The minimum Gasteiger partial charge on any atom is -0.340 e. The van der Waals surface area contributed by atoms with Gasteiger partial charge in [-0.1, -0.05) is 30.3 Å². The maximum atomic E-state index is 11.6. The van der Waals surface area contributed by atoms with Crippen molar-refractivity contribution in [2.75, 3.05) is 25.0 Å². The van der Waals surface area contributed by atoms with Crippen LogP contribution in [0.4, 0.5) is 11.4 Å². The van der Waals surface area contributed by atoms with Crippen molar-refractivity contribution < 1.29 is 0 Å². The van der Waals surface area contributed by atoms with Gasteiger partial charge in [0, 0.05) is 42.8 Å². The van der Waals surface area contributed by atoms with Crippen LogP contribution >= 0.6 is 0 Å². The third-order valence-corrected chi connectivity index (χ3v) is 4.66. The van der Waals surface area contributed by atoms with Crippen LogP contribution in [0.5, 0.6) is 0 Å². The zero-order valence-electron chi connectivity index (χ0n) is 14.3. The summed E-state index contributed by atoms with van der Waals surface area (Å²) in [4.78, 5) is 19.2. The predicted molar refractivity (Wildman–Crippen MR) is 102 cm³/mol. The van der Waals surface area contributed by atoms with Crippen molar-refractivity contribution in [1.82, 2.24) is 9.88 Å². The van der Waals surface area contributed by atoms with E-state index in [0.29, 0.717) is 0 Å². The van der Waals surface area contributed by atoms with Gasteiger partial charge in [-0.15, -0.1) is 0 Å². The second-order valence-corrected chi connectivity index (χ2v) is 6.50. The van der Waals surface area contributed by atoms with E-state index in [0.717, 1.165) is 30.9 Å². The fourth-order valence-electron chi connectivity index (χ4n) is 3.40. The Balaban J connectivity index is 1.80. The Bertz CT molecular complexity index is 933. The van der Waals surface area contributed by atoms with E-state index in [9.17, 15) is 4.79 Å². The van der Waals surface area contributed by atoms with E-state index >= 15 is 0 Å². The van der Waals surface area contributed by atoms with Gasteiger partial charge in [0.05, 0.1) is 0 Å². The zero-order chi connectivity index (χ0) is 17.2. The van der Waals surface area contributed by atoms with Crippen molar-refractivity contribution in [2.24, 2.45) is 0 Å². The van der Waals surface area contributed by atoms with E-state index in [4.69, 9.17) is 0 Å². The molecule has 0 saturated carbocycles. The highest BCUT2D eigenvalue weighted by molar-refractivity contribution is 5.72. The molecule has 4 nitrogen and oxygen atoms in total. The number of para-hydroxylation sites is 1. The second-order valence-electron chi connectivity index (χ2n) is 6.50. The topological polar surface area (TPSA) is 39.3 Å². The summed E-state index contributed by atoms with van der Waals surface area (Å²) >= 11 is 0. The fraction of sp³-hybridized carbons (Fsp3) is 0.190. The molecule has 3 aromatic rings. The third-order valence-electron chi connectivity index (χ3n) is 4.66. The van der Waals surface area contributed by atoms with Crippen LogP contribution < -0.4 is 10.5 Å². The Morgan fingerprint density at radius 3 is 2.56 bits per heavy atom. The molecule has 4 heteroatoms. The molecule has 2 heterocycles. The van der Waals surface area contributed by atoms with Crippen molar-refractivity contribution in [2.45, 2.75) is 6.54 Å². The molecule has 25 heavy (non-hydrogen) atoms. The van der Waals surface area contributed by atoms with E-state index in [1.807, 2.05) is 12.1 Å². The highest BCUT2D eigenvalue weighted by atomic mass is 16.1. The zero-order valence-corrected chi connectivity index (χ0v) is 14.3. The van der Waals surface area contributed by atoms with Gasteiger partial charge in [-0.3, -0.25) is 4.79 Å². The highest BCUT2D eigenvalue weighted by Gasteiger charge is 2.19. The third kappa shape index (κ3) is 3.21. The standard InChI is InChI=1S/C21H21N3O/c1-23-12-13-24(18-6-3-2-4-7-18)20-11-10-16(14-17(20)15-23)19-8-5-9-21(25)22-19/h2-11,14H,12-13,15H2,1H3,(H,22,25). The first-order chi connectivity index (χ1) is 12.2. The van der Waals surface area contributed by atoms with Crippen LogP contribution in [-0.4, -0.2) is 30.0 Å². The summed E-state index contributed by atoms with van der Waals surface area (Å²) in [5.41, 5.74) is 5.53. The Labute approximate surface area is 147 Å². The number of anilines is 2. The molecule has 126 valence electrons. The molecule has 0 fully saturated rings. The average Bonchev–Trinajstić information content (AvgIpc) is 2.80. The molecular formula is C21H21N3O. The lowest BCUT2D eigenvalue weighted by atomic mass is 10.0. The molecule has 0 spiro atoms. The van der Waals surface area contributed by atoms with Gasteiger partial charge >= 0.3 is 0 Å². The van der Waals surface area contributed by atoms with Crippen LogP contribution in [0.25, 0.3) is 11.3 Å². The molecule has 0 atom stereocenters. The van der Waals surface area contributed by atoms with E-state index in [-0.39, 0.29) is 5.56 Å². The molecule has 1 aromatic heterocycles. The number of aromatic amines is 1. The number of pyridine rings is 1. The molecule has 2 aromatic carbocycles. The van der Waals surface area contributed by atoms with Crippen LogP contribution in [0.2, 0.25) is 0 Å². The normalized spacial score (nSPS) is 14.8. The van der Waals surface area contributed by atoms with Crippen LogP contribution in [0.3, 0.4) is 0 Å². The Kier molecular flexibility index (Phi) is 4.12. The lowest BCUT2D eigenvalue weighted by molar-refractivity contribution is 0.343. The average molecular weight is 331 g/mol. The summed E-state index contributed by atoms with van der Waals surface area (Å²) in [6, 6.07) is 22.2. The summed E-state index contributed by atoms with van der Waals surface area (Å²) < 4.78 is 0. The molecule has 4 rings (SSSR count). The smallest absolute Gasteiger partial charge is 0.248 e. The lowest BCUT2D eigenvalue weighted by Crippen LogP contribution is -2.26. The van der Waals surface area contributed by atoms with E-state index in [1.165, 1.54) is 23.0 Å². The number of nitrogens with one attached hydrogen (secondary N) is 1. The highest BCUT2D eigenvalue weighted by Crippen LogP contribution is 2.33. The monoisotopic (exact) mass is 331 g/mol. The van der Waals surface area contributed by atoms with Crippen LogP contribution in [0.1, 0.15) is 5.56 Å². The minimum atomic E-state index is -0.0736. The van der Waals surface area contributed by atoms with Crippen molar-refractivity contribution >= 4 is 11.4 Å². The first-order valence-corrected chi connectivity index (χ1v) is 8.54. The number of nitrogens with zero attached hydrogens (tertiary/aromatic N) is 2. The molecule has 0 bridgehead atoms. The number of fused-ring (bicyclic) bond motifs is 1. The molecule has 0 radical (unpaired) electrons. The van der Waals surface area contributed by atoms with Crippen molar-refractivity contribution in [3.05, 3.63) is 82.6 Å². The van der Waals surface area contributed by atoms with Gasteiger partial charge in [-0.25, -0.2) is 0 Å². The lowest BCUT2D eigenvalue weighted by Gasteiger charge is -2.25. The van der Waals surface area contributed by atoms with Gasteiger partial charge in [-0.05, 0) is 48.5 Å². The molecule has 1 aliphatic heterocycles. The quantitative estimate of drug-likeness (QED) is 0.779. The number of aromatic nitrogens is 1. The van der Waals surface area contributed by atoms with Crippen molar-refractivity contribution in [3.63, 3.8) is 0 Å². The number of hydrogen-bond donors (Lipinski definition) is 1. The molecule has 0 saturated heterocycles. The molecule has 1 N–H and O–H groups in total. The molecule has 0 unspecified atom stereocenters. The summed E-state index contributed by atoms with van der Waals surface area (Å²) in [7, 11) is 2.15. The predicted octanol–water partition coefficient (Wildman–Crippen LogP) is 3.63. The first-order valence-electron chi connectivity index (χ1n) is 8.54. The number of rotatable bonds is 2. The summed E-state index contributed by atoms with van der Waals surface area (Å²) in [5, 5.41) is 0. The van der Waals surface area contributed by atoms with Crippen LogP contribution in [-0.2, 0) is 6.54 Å². The SMILES string of the molecule is CN1CCN(c2ccccc2)c2ccc(-c3cccc(=O)[nH]3)cc2C1. The Morgan fingerprint density at radius 2 is 1.76 bits per heavy atom. The van der Waals surface area contributed by atoms with E-state index in [2.05, 4.69) is 64.3 Å². The summed E-state index contributed by atoms with van der Waals surface area (Å²) in [6.07, 6.45) is 0. The summed E-state index contributed by atoms with van der Waals surface area (Å²) in [5.74, 6) is 0. The number of likely N-dealkylation sites (N-methyl/N-ethyl adjacent to an activating group) is 1. The maximum absolute atomic E-state index is 11.6. The number of H-pyrrole nitrogens is 1. The van der Waals surface area contributed by atoms with Crippen LogP contribution in [0, 0.1) is 0 Å².